The van der Waals surface area contributed by atoms with Crippen LogP contribution in [0.4, 0.5) is 8.78 Å². The predicted octanol–water partition coefficient (Wildman–Crippen LogP) is 4.30. The topological polar surface area (TPSA) is 38.0 Å². The molecule has 1 atom stereocenters. The third kappa shape index (κ3) is 3.82. The van der Waals surface area contributed by atoms with E-state index in [0.717, 1.165) is 19.2 Å². The van der Waals surface area contributed by atoms with Crippen molar-refractivity contribution in [3.05, 3.63) is 54.6 Å². The largest absolute Gasteiger partial charge is 0.271 e. The van der Waals surface area contributed by atoms with Gasteiger partial charge in [-0.05, 0) is 67.6 Å². The summed E-state index contributed by atoms with van der Waals surface area (Å²) in [6.07, 6.45) is 0.396. The van der Waals surface area contributed by atoms with Crippen LogP contribution in [0, 0.1) is 11.6 Å². The number of thiophene rings is 1. The molecule has 19 heavy (non-hydrogen) atoms. The lowest BCUT2D eigenvalue weighted by molar-refractivity contribution is 0.540. The highest BCUT2D eigenvalue weighted by Crippen LogP contribution is 2.36. The maximum Gasteiger partial charge on any atom is 0.126 e. The molecular formula is C12H10Br2F2N2S. The molecule has 1 unspecified atom stereocenters. The molecule has 0 fully saturated rings. The first-order valence-corrected chi connectivity index (χ1v) is 7.75. The molecule has 0 aliphatic rings. The summed E-state index contributed by atoms with van der Waals surface area (Å²) in [5.41, 5.74) is 4.17. The van der Waals surface area contributed by atoms with Crippen molar-refractivity contribution >= 4 is 43.2 Å². The van der Waals surface area contributed by atoms with Crippen LogP contribution in [0.1, 0.15) is 17.2 Å². The number of nitrogens with two attached hydrogens (primary N) is 1. The van der Waals surface area contributed by atoms with Gasteiger partial charge in [-0.1, -0.05) is 0 Å². The van der Waals surface area contributed by atoms with Gasteiger partial charge < -0.3 is 0 Å². The van der Waals surface area contributed by atoms with Crippen LogP contribution in [-0.2, 0) is 6.42 Å². The van der Waals surface area contributed by atoms with Gasteiger partial charge in [-0.3, -0.25) is 11.3 Å². The maximum atomic E-state index is 13.2. The lowest BCUT2D eigenvalue weighted by Gasteiger charge is -2.15. The molecule has 0 saturated carbocycles. The molecule has 2 nitrogen and oxygen atoms in total. The quantitative estimate of drug-likeness (QED) is 0.581. The molecule has 1 aromatic carbocycles. The summed E-state index contributed by atoms with van der Waals surface area (Å²) in [6, 6.07) is 5.17. The number of hydrazine groups is 1. The zero-order chi connectivity index (χ0) is 14.0. The lowest BCUT2D eigenvalue weighted by atomic mass is 10.0. The molecule has 0 spiro atoms. The second-order valence-corrected chi connectivity index (χ2v) is 7.73. The highest BCUT2D eigenvalue weighted by Gasteiger charge is 2.17. The Kier molecular flexibility index (Phi) is 5.08. The van der Waals surface area contributed by atoms with Gasteiger partial charge >= 0.3 is 0 Å². The van der Waals surface area contributed by atoms with E-state index < -0.39 is 11.6 Å². The molecule has 3 N–H and O–H groups in total. The van der Waals surface area contributed by atoms with Crippen molar-refractivity contribution in [1.29, 1.82) is 0 Å². The standard InChI is InChI=1S/C12H10Br2F2N2S/c13-11-5-9(12(14)19-11)10(18-17)3-6-1-7(15)4-8(16)2-6/h1-2,4-5,10,18H,3,17H2. The van der Waals surface area contributed by atoms with Gasteiger partial charge in [0.05, 0.1) is 13.6 Å². The highest BCUT2D eigenvalue weighted by molar-refractivity contribution is 9.12. The first-order valence-electron chi connectivity index (χ1n) is 5.35. The summed E-state index contributed by atoms with van der Waals surface area (Å²) in [4.78, 5) is 0. The highest BCUT2D eigenvalue weighted by atomic mass is 79.9. The Labute approximate surface area is 130 Å². The van der Waals surface area contributed by atoms with E-state index in [1.54, 1.807) is 0 Å². The average Bonchev–Trinajstić information content (AvgIpc) is 2.64. The number of rotatable bonds is 4. The number of hydrogen-bond donors (Lipinski definition) is 2. The molecule has 7 heteroatoms. The van der Waals surface area contributed by atoms with Crippen LogP contribution >= 0.6 is 43.2 Å². The van der Waals surface area contributed by atoms with Gasteiger partial charge in [0.2, 0.25) is 0 Å². The van der Waals surface area contributed by atoms with E-state index in [1.165, 1.54) is 23.5 Å². The first-order chi connectivity index (χ1) is 8.99. The summed E-state index contributed by atoms with van der Waals surface area (Å²) >= 11 is 8.35. The fourth-order valence-electron chi connectivity index (χ4n) is 1.81. The van der Waals surface area contributed by atoms with Crippen LogP contribution in [-0.4, -0.2) is 0 Å². The van der Waals surface area contributed by atoms with E-state index in [-0.39, 0.29) is 6.04 Å². The van der Waals surface area contributed by atoms with Crippen molar-refractivity contribution in [2.75, 3.05) is 0 Å². The Bertz CT molecular complexity index is 569. The normalized spacial score (nSPS) is 12.7. The number of hydrogen-bond acceptors (Lipinski definition) is 3. The molecule has 0 aliphatic carbocycles. The Morgan fingerprint density at radius 3 is 2.26 bits per heavy atom. The summed E-state index contributed by atoms with van der Waals surface area (Å²) in [5.74, 6) is 4.36. The van der Waals surface area contributed by atoms with Crippen LogP contribution in [0.25, 0.3) is 0 Å². The van der Waals surface area contributed by atoms with Gasteiger partial charge in [0, 0.05) is 6.07 Å². The minimum atomic E-state index is -0.587. The summed E-state index contributed by atoms with van der Waals surface area (Å²) in [7, 11) is 0. The van der Waals surface area contributed by atoms with Crippen molar-refractivity contribution in [2.24, 2.45) is 5.84 Å². The van der Waals surface area contributed by atoms with Gasteiger partial charge in [-0.15, -0.1) is 11.3 Å². The zero-order valence-electron chi connectivity index (χ0n) is 9.59. The molecule has 0 amide bonds. The first kappa shape index (κ1) is 15.1. The smallest absolute Gasteiger partial charge is 0.126 e. The molecule has 0 bridgehead atoms. The van der Waals surface area contributed by atoms with Crippen LogP contribution in [0.5, 0.6) is 0 Å². The van der Waals surface area contributed by atoms with E-state index in [2.05, 4.69) is 37.3 Å². The van der Waals surface area contributed by atoms with Crippen molar-refractivity contribution in [1.82, 2.24) is 5.43 Å². The molecule has 2 rings (SSSR count). The predicted molar refractivity (Wildman–Crippen MR) is 79.8 cm³/mol. The van der Waals surface area contributed by atoms with Gasteiger partial charge in [-0.25, -0.2) is 8.78 Å². The molecule has 0 saturated heterocycles. The van der Waals surface area contributed by atoms with Gasteiger partial charge in [-0.2, -0.15) is 0 Å². The van der Waals surface area contributed by atoms with Crippen LogP contribution in [0.3, 0.4) is 0 Å². The molecule has 102 valence electrons. The van der Waals surface area contributed by atoms with E-state index in [1.807, 2.05) is 6.07 Å². The summed E-state index contributed by atoms with van der Waals surface area (Å²) < 4.78 is 28.2. The summed E-state index contributed by atoms with van der Waals surface area (Å²) in [6.45, 7) is 0. The van der Waals surface area contributed by atoms with E-state index in [4.69, 9.17) is 5.84 Å². The second kappa shape index (κ2) is 6.41. The second-order valence-electron chi connectivity index (χ2n) is 3.98. The van der Waals surface area contributed by atoms with Crippen molar-refractivity contribution < 1.29 is 8.78 Å². The maximum absolute atomic E-state index is 13.2. The van der Waals surface area contributed by atoms with E-state index in [0.29, 0.717) is 12.0 Å². The number of benzene rings is 1. The Morgan fingerprint density at radius 1 is 1.16 bits per heavy atom. The lowest BCUT2D eigenvalue weighted by Crippen LogP contribution is -2.29. The number of halogens is 4. The Morgan fingerprint density at radius 2 is 1.79 bits per heavy atom. The van der Waals surface area contributed by atoms with Crippen LogP contribution in [0.2, 0.25) is 0 Å². The molecule has 1 aromatic heterocycles. The molecule has 2 aromatic rings. The summed E-state index contributed by atoms with van der Waals surface area (Å²) in [5, 5.41) is 0. The van der Waals surface area contributed by atoms with E-state index >= 15 is 0 Å². The molecular weight excluding hydrogens is 402 g/mol. The van der Waals surface area contributed by atoms with Gasteiger partial charge in [0.25, 0.3) is 0 Å². The molecule has 0 radical (unpaired) electrons. The van der Waals surface area contributed by atoms with E-state index in [9.17, 15) is 8.78 Å². The minimum absolute atomic E-state index is 0.224. The fourth-order valence-corrected chi connectivity index (χ4v) is 4.79. The SMILES string of the molecule is NNC(Cc1cc(F)cc(F)c1)c1cc(Br)sc1Br. The Hall–Kier alpha value is -0.340. The fraction of sp³-hybridized carbons (Fsp3) is 0.167. The van der Waals surface area contributed by atoms with Crippen molar-refractivity contribution in [3.63, 3.8) is 0 Å². The van der Waals surface area contributed by atoms with Crippen molar-refractivity contribution in [3.8, 4) is 0 Å². The van der Waals surface area contributed by atoms with Gasteiger partial charge in [0.15, 0.2) is 0 Å². The zero-order valence-corrected chi connectivity index (χ0v) is 13.6. The van der Waals surface area contributed by atoms with Crippen LogP contribution < -0.4 is 11.3 Å². The Balaban J connectivity index is 2.26. The third-order valence-corrected chi connectivity index (χ3v) is 5.01. The minimum Gasteiger partial charge on any atom is -0.271 e. The molecule has 0 aliphatic heterocycles. The molecule has 1 heterocycles. The third-order valence-electron chi connectivity index (χ3n) is 2.62. The number of nitrogens with one attached hydrogen (secondary N) is 1. The van der Waals surface area contributed by atoms with Crippen LogP contribution in [0.15, 0.2) is 31.8 Å². The van der Waals surface area contributed by atoms with Crippen molar-refractivity contribution in [2.45, 2.75) is 12.5 Å². The monoisotopic (exact) mass is 410 g/mol. The van der Waals surface area contributed by atoms with Gasteiger partial charge in [0.1, 0.15) is 11.6 Å². The average molecular weight is 412 g/mol.